The molecule has 0 aromatic carbocycles. The zero-order chi connectivity index (χ0) is 14.8. The number of hydrogen-bond donors (Lipinski definition) is 1. The van der Waals surface area contributed by atoms with E-state index < -0.39 is 21.7 Å². The van der Waals surface area contributed by atoms with Gasteiger partial charge in [0.15, 0.2) is 5.54 Å². The van der Waals surface area contributed by atoms with Crippen molar-refractivity contribution in [3.63, 3.8) is 0 Å². The highest BCUT2D eigenvalue weighted by atomic mass is 32.2. The van der Waals surface area contributed by atoms with Crippen LogP contribution in [0.3, 0.4) is 0 Å². The fraction of sp³-hybridized carbons (Fsp3) is 0.923. The maximum absolute atomic E-state index is 12.4. The number of carboxylic acids is 1. The molecule has 0 bridgehead atoms. The lowest BCUT2D eigenvalue weighted by Gasteiger charge is -2.37. The highest BCUT2D eigenvalue weighted by Crippen LogP contribution is 2.25. The zero-order valence-electron chi connectivity index (χ0n) is 12.0. The van der Waals surface area contributed by atoms with Gasteiger partial charge in [-0.15, -0.1) is 0 Å². The lowest BCUT2D eigenvalue weighted by molar-refractivity contribution is -0.593. The van der Waals surface area contributed by atoms with Crippen LogP contribution in [0.25, 0.3) is 0 Å². The third kappa shape index (κ3) is 3.32. The molecule has 0 radical (unpaired) electrons. The van der Waals surface area contributed by atoms with Crippen molar-refractivity contribution < 1.29 is 23.0 Å². The molecule has 116 valence electrons. The second-order valence-corrected chi connectivity index (χ2v) is 8.03. The fourth-order valence-corrected chi connectivity index (χ4v) is 4.92. The summed E-state index contributed by atoms with van der Waals surface area (Å²) < 4.78 is 27.4. The summed E-state index contributed by atoms with van der Waals surface area (Å²) in [5, 5.41) is 11.5. The van der Waals surface area contributed by atoms with Crippen LogP contribution in [0, 0.1) is 5.92 Å². The molecule has 1 aliphatic carbocycles. The van der Waals surface area contributed by atoms with E-state index >= 15 is 0 Å². The molecule has 1 heterocycles. The summed E-state index contributed by atoms with van der Waals surface area (Å²) in [6, 6.07) is 0. The number of aliphatic carboxylic acids is 1. The first-order chi connectivity index (χ1) is 9.36. The van der Waals surface area contributed by atoms with E-state index in [1.165, 1.54) is 4.31 Å². The Labute approximate surface area is 120 Å². The average molecular weight is 304 g/mol. The normalized spacial score (nSPS) is 25.4. The Kier molecular flexibility index (Phi) is 4.71. The maximum Gasteiger partial charge on any atom is 0.370 e. The summed E-state index contributed by atoms with van der Waals surface area (Å²) in [4.78, 5) is 11.5. The van der Waals surface area contributed by atoms with Gasteiger partial charge in [-0.05, 0) is 31.6 Å². The van der Waals surface area contributed by atoms with Crippen molar-refractivity contribution in [3.8, 4) is 0 Å². The van der Waals surface area contributed by atoms with Gasteiger partial charge in [-0.2, -0.15) is 12.7 Å². The molecule has 0 atom stereocenters. The topological polar surface area (TPSA) is 94.1 Å². The minimum Gasteiger partial charge on any atom is -0.544 e. The number of quaternary nitrogens is 1. The van der Waals surface area contributed by atoms with Gasteiger partial charge in [0.2, 0.25) is 0 Å². The van der Waals surface area contributed by atoms with Gasteiger partial charge in [-0.1, -0.05) is 13.3 Å². The van der Waals surface area contributed by atoms with E-state index in [0.29, 0.717) is 31.8 Å². The Hall–Kier alpha value is -0.660. The zero-order valence-corrected chi connectivity index (χ0v) is 12.8. The number of piperidine rings is 1. The smallest absolute Gasteiger partial charge is 0.370 e. The van der Waals surface area contributed by atoms with Gasteiger partial charge in [-0.25, -0.2) is 4.72 Å². The van der Waals surface area contributed by atoms with Crippen LogP contribution in [0.5, 0.6) is 0 Å². The average Bonchev–Trinajstić information content (AvgIpc) is 2.39. The lowest BCUT2D eigenvalue weighted by Crippen LogP contribution is -3.04. The second-order valence-electron chi connectivity index (χ2n) is 6.25. The van der Waals surface area contributed by atoms with Gasteiger partial charge >= 0.3 is 10.2 Å². The van der Waals surface area contributed by atoms with Crippen LogP contribution in [0.15, 0.2) is 0 Å². The van der Waals surface area contributed by atoms with E-state index in [0.717, 1.165) is 36.8 Å². The van der Waals surface area contributed by atoms with Crippen molar-refractivity contribution in [2.75, 3.05) is 13.1 Å². The van der Waals surface area contributed by atoms with E-state index in [-0.39, 0.29) is 0 Å². The minimum absolute atomic E-state index is 0.374. The van der Waals surface area contributed by atoms with Gasteiger partial charge < -0.3 is 9.90 Å². The standard InChI is InChI=1S/C13H24N2O4S/c1-11-5-9-15(10-6-11)20(18,19)14-13(12(16)17)7-3-2-4-8-13/h11,14H,2-10H2,1H3,(H,16,17). The summed E-state index contributed by atoms with van der Waals surface area (Å²) in [6.45, 7) is 3.09. The monoisotopic (exact) mass is 304 g/mol. The number of nitrogens with two attached hydrogens (primary N) is 1. The Morgan fingerprint density at radius 3 is 2.25 bits per heavy atom. The molecule has 0 aromatic heterocycles. The number of hydrogen-bond acceptors (Lipinski definition) is 4. The molecule has 0 spiro atoms. The van der Waals surface area contributed by atoms with Crippen LogP contribution in [0.2, 0.25) is 0 Å². The Morgan fingerprint density at radius 2 is 1.75 bits per heavy atom. The number of rotatable bonds is 4. The first kappa shape index (κ1) is 15.7. The van der Waals surface area contributed by atoms with Crippen LogP contribution in [-0.4, -0.2) is 37.3 Å². The predicted molar refractivity (Wildman–Crippen MR) is 71.6 cm³/mol. The predicted octanol–water partition coefficient (Wildman–Crippen LogP) is -1.02. The fourth-order valence-electron chi connectivity index (χ4n) is 3.15. The molecule has 2 N–H and O–H groups in total. The van der Waals surface area contributed by atoms with Crippen LogP contribution in [-0.2, 0) is 15.0 Å². The van der Waals surface area contributed by atoms with E-state index in [9.17, 15) is 18.3 Å². The molecule has 1 saturated heterocycles. The van der Waals surface area contributed by atoms with Crippen molar-refractivity contribution >= 4 is 16.2 Å². The van der Waals surface area contributed by atoms with Crippen LogP contribution in [0.1, 0.15) is 51.9 Å². The van der Waals surface area contributed by atoms with E-state index in [1.807, 2.05) is 0 Å². The van der Waals surface area contributed by atoms with E-state index in [1.54, 1.807) is 0 Å². The molecule has 0 amide bonds. The number of nitrogens with zero attached hydrogens (tertiary/aromatic N) is 1. The summed E-state index contributed by atoms with van der Waals surface area (Å²) in [6.07, 6.45) is 4.88. The van der Waals surface area contributed by atoms with Crippen LogP contribution < -0.4 is 9.83 Å². The molecule has 0 unspecified atom stereocenters. The maximum atomic E-state index is 12.4. The quantitative estimate of drug-likeness (QED) is 0.719. The Balaban J connectivity index is 2.11. The number of carbonyl (C=O) groups is 1. The van der Waals surface area contributed by atoms with Crippen molar-refractivity contribution in [2.24, 2.45) is 5.92 Å². The van der Waals surface area contributed by atoms with Crippen molar-refractivity contribution in [2.45, 2.75) is 57.4 Å². The summed E-state index contributed by atoms with van der Waals surface area (Å²) in [5.74, 6) is -0.711. The molecule has 0 aromatic rings. The molecule has 1 aliphatic heterocycles. The minimum atomic E-state index is -3.62. The largest absolute Gasteiger partial charge is 0.544 e. The highest BCUT2D eigenvalue weighted by Gasteiger charge is 2.44. The van der Waals surface area contributed by atoms with Crippen molar-refractivity contribution in [1.29, 1.82) is 0 Å². The highest BCUT2D eigenvalue weighted by molar-refractivity contribution is 7.82. The molecule has 2 fully saturated rings. The third-order valence-corrected chi connectivity index (χ3v) is 6.46. The van der Waals surface area contributed by atoms with Gasteiger partial charge in [-0.3, -0.25) is 0 Å². The van der Waals surface area contributed by atoms with Crippen LogP contribution >= 0.6 is 0 Å². The molecule has 2 rings (SSSR count). The van der Waals surface area contributed by atoms with Gasteiger partial charge in [0.25, 0.3) is 0 Å². The van der Waals surface area contributed by atoms with E-state index in [4.69, 9.17) is 0 Å². The Bertz CT molecular complexity index is 449. The summed E-state index contributed by atoms with van der Waals surface area (Å²) >= 11 is 0. The van der Waals surface area contributed by atoms with Gasteiger partial charge in [0.1, 0.15) is 5.97 Å². The first-order valence-corrected chi connectivity index (χ1v) is 8.94. The van der Waals surface area contributed by atoms with Crippen molar-refractivity contribution in [1.82, 2.24) is 4.31 Å². The Morgan fingerprint density at radius 1 is 1.20 bits per heavy atom. The van der Waals surface area contributed by atoms with Gasteiger partial charge in [0, 0.05) is 25.9 Å². The number of carbonyl (C=O) groups excluding carboxylic acids is 1. The van der Waals surface area contributed by atoms with E-state index in [2.05, 4.69) is 6.92 Å². The second kappa shape index (κ2) is 5.99. The number of carboxylic acid groups (broad SMARTS) is 1. The summed E-state index contributed by atoms with van der Waals surface area (Å²) in [5.41, 5.74) is -1.29. The molecule has 7 heteroatoms. The molecule has 6 nitrogen and oxygen atoms in total. The molecule has 20 heavy (non-hydrogen) atoms. The van der Waals surface area contributed by atoms with Crippen LogP contribution in [0.4, 0.5) is 0 Å². The molecule has 2 aliphatic rings. The third-order valence-electron chi connectivity index (χ3n) is 4.63. The summed E-state index contributed by atoms with van der Waals surface area (Å²) in [7, 11) is -3.62. The SMILES string of the molecule is CC1CCN(S(=O)(=O)[NH2+]C2(C(=O)[O-])CCCCC2)CC1. The first-order valence-electron chi connectivity index (χ1n) is 7.43. The molecular weight excluding hydrogens is 280 g/mol. The molecular formula is C13H24N2O4S. The lowest BCUT2D eigenvalue weighted by atomic mass is 9.83. The molecule has 1 saturated carbocycles. The van der Waals surface area contributed by atoms with Crippen molar-refractivity contribution in [3.05, 3.63) is 0 Å². The van der Waals surface area contributed by atoms with Gasteiger partial charge in [0.05, 0.1) is 0 Å².